The summed E-state index contributed by atoms with van der Waals surface area (Å²) in [4.78, 5) is 1.24. The van der Waals surface area contributed by atoms with Gasteiger partial charge in [-0.1, -0.05) is 6.92 Å². The summed E-state index contributed by atoms with van der Waals surface area (Å²) in [5, 5.41) is 0. The Bertz CT molecular complexity index is 258. The van der Waals surface area contributed by atoms with Crippen molar-refractivity contribution in [2.45, 2.75) is 18.2 Å². The van der Waals surface area contributed by atoms with Crippen molar-refractivity contribution >= 4 is 11.9 Å². The van der Waals surface area contributed by atoms with E-state index in [1.54, 1.807) is 11.9 Å². The van der Waals surface area contributed by atoms with Gasteiger partial charge < -0.3 is 4.74 Å². The summed E-state index contributed by atoms with van der Waals surface area (Å²) in [6, 6.07) is 8.19. The largest absolute Gasteiger partial charge is 0.494 e. The Morgan fingerprint density at radius 2 is 1.86 bits per heavy atom. The zero-order valence-electron chi connectivity index (χ0n) is 8.99. The monoisotopic (exact) mass is 211 g/mol. The van der Waals surface area contributed by atoms with Crippen molar-refractivity contribution in [2.75, 3.05) is 20.7 Å². The molecule has 1 aromatic carbocycles. The molecule has 0 saturated carbocycles. The summed E-state index contributed by atoms with van der Waals surface area (Å²) in [5.41, 5.74) is 0. The van der Waals surface area contributed by atoms with E-state index in [2.05, 4.69) is 23.4 Å². The third-order valence-electron chi connectivity index (χ3n) is 1.58. The first-order valence-electron chi connectivity index (χ1n) is 4.80. The van der Waals surface area contributed by atoms with Gasteiger partial charge in [-0.2, -0.15) is 0 Å². The highest BCUT2D eigenvalue weighted by Crippen LogP contribution is 2.22. The third kappa shape index (κ3) is 4.03. The van der Waals surface area contributed by atoms with Gasteiger partial charge in [0.05, 0.1) is 6.61 Å². The van der Waals surface area contributed by atoms with Gasteiger partial charge in [-0.25, -0.2) is 0 Å². The number of rotatable bonds is 5. The van der Waals surface area contributed by atoms with Crippen LogP contribution in [0, 0.1) is 0 Å². The zero-order valence-corrected chi connectivity index (χ0v) is 9.80. The number of ether oxygens (including phenoxy) is 1. The fourth-order valence-corrected chi connectivity index (χ4v) is 1.71. The number of nitrogens with zero attached hydrogens (tertiary/aromatic N) is 1. The lowest BCUT2D eigenvalue weighted by atomic mass is 10.3. The normalized spacial score (nSPS) is 10.6. The standard InChI is InChI=1S/C11H17NOS/c1-4-9-13-10-5-7-11(8-6-10)14-12(2)3/h5-8H,4,9H2,1-3H3. The summed E-state index contributed by atoms with van der Waals surface area (Å²) < 4.78 is 7.56. The van der Waals surface area contributed by atoms with Crippen LogP contribution in [0.5, 0.6) is 5.75 Å². The van der Waals surface area contributed by atoms with Gasteiger partial charge in [0.2, 0.25) is 0 Å². The molecule has 78 valence electrons. The molecule has 0 atom stereocenters. The van der Waals surface area contributed by atoms with E-state index in [0.29, 0.717) is 0 Å². The van der Waals surface area contributed by atoms with Gasteiger partial charge in [0, 0.05) is 4.90 Å². The van der Waals surface area contributed by atoms with Gasteiger partial charge in [0.1, 0.15) is 5.75 Å². The molecule has 0 aromatic heterocycles. The summed E-state index contributed by atoms with van der Waals surface area (Å²) in [6.45, 7) is 2.90. The minimum Gasteiger partial charge on any atom is -0.494 e. The molecule has 0 saturated heterocycles. The smallest absolute Gasteiger partial charge is 0.119 e. The van der Waals surface area contributed by atoms with Crippen LogP contribution in [-0.2, 0) is 0 Å². The molecule has 0 fully saturated rings. The van der Waals surface area contributed by atoms with Crippen molar-refractivity contribution in [3.63, 3.8) is 0 Å². The number of benzene rings is 1. The molecule has 0 heterocycles. The predicted octanol–water partition coefficient (Wildman–Crippen LogP) is 3.04. The predicted molar refractivity (Wildman–Crippen MR) is 61.8 cm³/mol. The lowest BCUT2D eigenvalue weighted by Crippen LogP contribution is -1.98. The fourth-order valence-electron chi connectivity index (χ4n) is 1.03. The molecule has 0 aliphatic rings. The average molecular weight is 211 g/mol. The van der Waals surface area contributed by atoms with Crippen molar-refractivity contribution in [3.05, 3.63) is 24.3 Å². The van der Waals surface area contributed by atoms with Crippen LogP contribution >= 0.6 is 11.9 Å². The molecule has 0 spiro atoms. The minimum absolute atomic E-state index is 0.792. The Balaban J connectivity index is 2.50. The second-order valence-corrected chi connectivity index (χ2v) is 4.61. The van der Waals surface area contributed by atoms with Crippen LogP contribution in [0.25, 0.3) is 0 Å². The topological polar surface area (TPSA) is 12.5 Å². The van der Waals surface area contributed by atoms with Gasteiger partial charge in [0.15, 0.2) is 0 Å². The van der Waals surface area contributed by atoms with Crippen LogP contribution in [0.15, 0.2) is 29.2 Å². The lowest BCUT2D eigenvalue weighted by molar-refractivity contribution is 0.317. The van der Waals surface area contributed by atoms with Gasteiger partial charge in [0.25, 0.3) is 0 Å². The van der Waals surface area contributed by atoms with Crippen LogP contribution in [-0.4, -0.2) is 25.0 Å². The van der Waals surface area contributed by atoms with Gasteiger partial charge in [-0.05, 0) is 56.7 Å². The van der Waals surface area contributed by atoms with Crippen molar-refractivity contribution in [3.8, 4) is 5.75 Å². The van der Waals surface area contributed by atoms with E-state index in [-0.39, 0.29) is 0 Å². The van der Waals surface area contributed by atoms with Crippen molar-refractivity contribution in [1.82, 2.24) is 4.31 Å². The average Bonchev–Trinajstić information content (AvgIpc) is 2.16. The van der Waals surface area contributed by atoms with Crippen LogP contribution < -0.4 is 4.74 Å². The maximum absolute atomic E-state index is 5.49. The highest BCUT2D eigenvalue weighted by atomic mass is 32.2. The molecular formula is C11H17NOS. The third-order valence-corrected chi connectivity index (χ3v) is 2.43. The summed E-state index contributed by atoms with van der Waals surface area (Å²) in [6.07, 6.45) is 1.05. The minimum atomic E-state index is 0.792. The maximum Gasteiger partial charge on any atom is 0.119 e. The molecular weight excluding hydrogens is 194 g/mol. The molecule has 0 unspecified atom stereocenters. The SMILES string of the molecule is CCCOc1ccc(SN(C)C)cc1. The van der Waals surface area contributed by atoms with E-state index in [1.165, 1.54) is 4.90 Å². The highest BCUT2D eigenvalue weighted by Gasteiger charge is 1.97. The zero-order chi connectivity index (χ0) is 10.4. The maximum atomic E-state index is 5.49. The van der Waals surface area contributed by atoms with Gasteiger partial charge >= 0.3 is 0 Å². The van der Waals surface area contributed by atoms with Crippen LogP contribution in [0.4, 0.5) is 0 Å². The molecule has 0 aliphatic heterocycles. The van der Waals surface area contributed by atoms with E-state index in [4.69, 9.17) is 4.74 Å². The van der Waals surface area contributed by atoms with Crippen molar-refractivity contribution in [1.29, 1.82) is 0 Å². The van der Waals surface area contributed by atoms with Crippen LogP contribution in [0.3, 0.4) is 0 Å². The Morgan fingerprint density at radius 1 is 1.21 bits per heavy atom. The first kappa shape index (κ1) is 11.4. The van der Waals surface area contributed by atoms with E-state index in [0.717, 1.165) is 18.8 Å². The molecule has 0 aliphatic carbocycles. The Kier molecular flexibility index (Phi) is 4.84. The summed E-state index contributed by atoms with van der Waals surface area (Å²) in [7, 11) is 4.07. The molecule has 1 rings (SSSR count). The molecule has 0 bridgehead atoms. The molecule has 0 N–H and O–H groups in total. The molecule has 0 amide bonds. The van der Waals surface area contributed by atoms with Crippen molar-refractivity contribution in [2.24, 2.45) is 0 Å². The first-order chi connectivity index (χ1) is 6.72. The summed E-state index contributed by atoms with van der Waals surface area (Å²) >= 11 is 1.71. The van der Waals surface area contributed by atoms with E-state index in [1.807, 2.05) is 26.2 Å². The highest BCUT2D eigenvalue weighted by molar-refractivity contribution is 7.97. The first-order valence-corrected chi connectivity index (χ1v) is 5.58. The summed E-state index contributed by atoms with van der Waals surface area (Å²) in [5.74, 6) is 0.954. The molecule has 2 nitrogen and oxygen atoms in total. The Morgan fingerprint density at radius 3 is 2.36 bits per heavy atom. The number of hydrogen-bond acceptors (Lipinski definition) is 3. The van der Waals surface area contributed by atoms with E-state index < -0.39 is 0 Å². The van der Waals surface area contributed by atoms with E-state index >= 15 is 0 Å². The van der Waals surface area contributed by atoms with Crippen molar-refractivity contribution < 1.29 is 4.74 Å². The lowest BCUT2D eigenvalue weighted by Gasteiger charge is -2.09. The van der Waals surface area contributed by atoms with E-state index in [9.17, 15) is 0 Å². The molecule has 3 heteroatoms. The molecule has 1 aromatic rings. The van der Waals surface area contributed by atoms with Gasteiger partial charge in [-0.3, -0.25) is 4.31 Å². The second-order valence-electron chi connectivity index (χ2n) is 3.22. The second kappa shape index (κ2) is 5.94. The quantitative estimate of drug-likeness (QED) is 0.695. The van der Waals surface area contributed by atoms with Crippen LogP contribution in [0.1, 0.15) is 13.3 Å². The fraction of sp³-hybridized carbons (Fsp3) is 0.455. The molecule has 0 radical (unpaired) electrons. The number of hydrogen-bond donors (Lipinski definition) is 0. The van der Waals surface area contributed by atoms with Crippen LogP contribution in [0.2, 0.25) is 0 Å². The Hall–Kier alpha value is -0.670. The van der Waals surface area contributed by atoms with Gasteiger partial charge in [-0.15, -0.1) is 0 Å². The molecule has 14 heavy (non-hydrogen) atoms. The Labute approximate surface area is 90.4 Å².